The highest BCUT2D eigenvalue weighted by Gasteiger charge is 2.18. The summed E-state index contributed by atoms with van der Waals surface area (Å²) in [4.78, 5) is 9.65. The van der Waals surface area contributed by atoms with E-state index in [1.165, 1.54) is 49.7 Å². The predicted octanol–water partition coefficient (Wildman–Crippen LogP) is 12.9. The molecule has 0 spiro atoms. The molecule has 1 aromatic heterocycles. The van der Waals surface area contributed by atoms with E-state index in [2.05, 4.69) is 171 Å². The molecule has 250 valence electrons. The molecular weight excluding hydrogens is 633 g/mol. The van der Waals surface area contributed by atoms with Crippen molar-refractivity contribution in [1.82, 2.24) is 4.98 Å². The summed E-state index contributed by atoms with van der Waals surface area (Å²) in [7, 11) is 0. The zero-order chi connectivity index (χ0) is 35.0. The number of hydrogen-bond acceptors (Lipinski definition) is 3. The molecule has 1 unspecified atom stereocenters. The average molecular weight is 671 g/mol. The highest BCUT2D eigenvalue weighted by atomic mass is 16.3. The minimum atomic E-state index is 0.244. The Morgan fingerprint density at radius 1 is 0.615 bits per heavy atom. The fraction of sp³-hybridized carbons (Fsp3) is 0.102. The lowest BCUT2D eigenvalue weighted by Crippen LogP contribution is -2.03. The van der Waals surface area contributed by atoms with Gasteiger partial charge in [0.1, 0.15) is 5.52 Å². The number of oxazole rings is 1. The molecule has 1 atom stereocenters. The summed E-state index contributed by atoms with van der Waals surface area (Å²) >= 11 is 0. The van der Waals surface area contributed by atoms with Crippen LogP contribution in [0.5, 0.6) is 0 Å². The summed E-state index contributed by atoms with van der Waals surface area (Å²) in [6, 6.07) is 52.4. The topological polar surface area (TPSA) is 38.4 Å². The maximum absolute atomic E-state index is 6.64. The van der Waals surface area contributed by atoms with Crippen LogP contribution in [0.25, 0.3) is 77.8 Å². The van der Waals surface area contributed by atoms with Gasteiger partial charge in [-0.2, -0.15) is 0 Å². The largest absolute Gasteiger partial charge is 0.436 e. The van der Waals surface area contributed by atoms with Crippen molar-refractivity contribution in [3.63, 3.8) is 0 Å². The van der Waals surface area contributed by atoms with Crippen LogP contribution in [0, 0.1) is 6.92 Å². The first-order chi connectivity index (χ1) is 25.6. The number of fused-ring (bicyclic) bond motifs is 2. The summed E-state index contributed by atoms with van der Waals surface area (Å²) in [5.41, 5.74) is 15.8. The van der Waals surface area contributed by atoms with Gasteiger partial charge in [-0.25, -0.2) is 4.98 Å². The molecule has 8 aromatic rings. The Labute approximate surface area is 304 Å². The number of aromatic nitrogens is 1. The lowest BCUT2D eigenvalue weighted by molar-refractivity contribution is 0.619. The van der Waals surface area contributed by atoms with Crippen molar-refractivity contribution in [2.24, 2.45) is 4.99 Å². The SMILES string of the molecule is CCc1cccc(-c2ccc(-c3cc(-c4ccc(-c5cccc6ccccc56)cc4)cc4oc(-c5cccc(C6C=CC=NC6)c5)nc34)cc2)c1C. The maximum Gasteiger partial charge on any atom is 0.227 e. The summed E-state index contributed by atoms with van der Waals surface area (Å²) in [5.74, 6) is 0.863. The number of aryl methyl sites for hydroxylation is 1. The van der Waals surface area contributed by atoms with Gasteiger partial charge >= 0.3 is 0 Å². The maximum atomic E-state index is 6.64. The first-order valence-electron chi connectivity index (χ1n) is 18.1. The number of dihydropyridines is 1. The molecule has 0 aliphatic carbocycles. The second-order valence-corrected chi connectivity index (χ2v) is 13.6. The molecule has 0 N–H and O–H groups in total. The average Bonchev–Trinajstić information content (AvgIpc) is 3.66. The van der Waals surface area contributed by atoms with Crippen molar-refractivity contribution in [1.29, 1.82) is 0 Å². The van der Waals surface area contributed by atoms with Crippen molar-refractivity contribution >= 4 is 28.1 Å². The fourth-order valence-corrected chi connectivity index (χ4v) is 7.67. The zero-order valence-electron chi connectivity index (χ0n) is 29.4. The van der Waals surface area contributed by atoms with Crippen LogP contribution in [0.4, 0.5) is 0 Å². The van der Waals surface area contributed by atoms with Gasteiger partial charge in [0.2, 0.25) is 5.89 Å². The number of benzene rings is 7. The Bertz CT molecular complexity index is 2640. The van der Waals surface area contributed by atoms with E-state index in [1.54, 1.807) is 0 Å². The van der Waals surface area contributed by atoms with Crippen LogP contribution in [0.2, 0.25) is 0 Å². The van der Waals surface area contributed by atoms with Gasteiger partial charge in [-0.05, 0) is 110 Å². The van der Waals surface area contributed by atoms with Crippen molar-refractivity contribution in [2.75, 3.05) is 6.54 Å². The third-order valence-electron chi connectivity index (χ3n) is 10.5. The monoisotopic (exact) mass is 670 g/mol. The van der Waals surface area contributed by atoms with Gasteiger partial charge < -0.3 is 4.42 Å². The van der Waals surface area contributed by atoms with Crippen LogP contribution in [-0.4, -0.2) is 17.7 Å². The standard InChI is InChI=1S/C49H38N2O/c1-3-33-11-7-17-43(32(33)2)36-23-25-38(26-24-36)46-29-42(34-19-21-37(22-20-34)45-18-8-12-35-10-4-5-16-44(35)45)30-47-48(46)51-49(52-47)40-14-6-13-39(28-40)41-15-9-27-50-31-41/h4-30,41H,3,31H2,1-2H3. The Morgan fingerprint density at radius 2 is 1.31 bits per heavy atom. The molecule has 2 heterocycles. The Morgan fingerprint density at radius 3 is 2.10 bits per heavy atom. The third kappa shape index (κ3) is 5.84. The third-order valence-corrected chi connectivity index (χ3v) is 10.5. The van der Waals surface area contributed by atoms with Crippen molar-refractivity contribution in [2.45, 2.75) is 26.2 Å². The molecule has 7 aromatic carbocycles. The molecule has 0 fully saturated rings. The van der Waals surface area contributed by atoms with Gasteiger partial charge in [-0.3, -0.25) is 4.99 Å². The zero-order valence-corrected chi connectivity index (χ0v) is 29.4. The first kappa shape index (κ1) is 31.6. The van der Waals surface area contributed by atoms with Crippen molar-refractivity contribution < 1.29 is 4.42 Å². The lowest BCUT2D eigenvalue weighted by atomic mass is 9.92. The summed E-state index contributed by atoms with van der Waals surface area (Å²) in [5, 5.41) is 2.50. The minimum Gasteiger partial charge on any atom is -0.436 e. The van der Waals surface area contributed by atoms with Gasteiger partial charge in [0.15, 0.2) is 5.58 Å². The molecule has 3 nitrogen and oxygen atoms in total. The molecular formula is C49H38N2O. The minimum absolute atomic E-state index is 0.244. The summed E-state index contributed by atoms with van der Waals surface area (Å²) in [6.45, 7) is 5.19. The van der Waals surface area contributed by atoms with Gasteiger partial charge in [0, 0.05) is 29.8 Å². The van der Waals surface area contributed by atoms with Crippen LogP contribution in [0.1, 0.15) is 29.5 Å². The van der Waals surface area contributed by atoms with E-state index in [1.807, 2.05) is 12.3 Å². The van der Waals surface area contributed by atoms with Crippen molar-refractivity contribution in [3.8, 4) is 56.0 Å². The molecule has 9 rings (SSSR count). The quantitative estimate of drug-likeness (QED) is 0.169. The van der Waals surface area contributed by atoms with E-state index < -0.39 is 0 Å². The Kier molecular flexibility index (Phi) is 8.17. The van der Waals surface area contributed by atoms with E-state index in [0.717, 1.165) is 51.9 Å². The van der Waals surface area contributed by atoms with Crippen LogP contribution in [0.3, 0.4) is 0 Å². The smallest absolute Gasteiger partial charge is 0.227 e. The molecule has 0 radical (unpaired) electrons. The fourth-order valence-electron chi connectivity index (χ4n) is 7.67. The van der Waals surface area contributed by atoms with Crippen molar-refractivity contribution in [3.05, 3.63) is 174 Å². The molecule has 0 amide bonds. The molecule has 52 heavy (non-hydrogen) atoms. The van der Waals surface area contributed by atoms with Crippen LogP contribution < -0.4 is 0 Å². The first-order valence-corrected chi connectivity index (χ1v) is 18.1. The van der Waals surface area contributed by atoms with Gasteiger partial charge in [-0.1, -0.05) is 134 Å². The number of aliphatic imine (C=N–C) groups is 1. The molecule has 0 saturated heterocycles. The molecule has 3 heteroatoms. The van der Waals surface area contributed by atoms with Gasteiger partial charge in [-0.15, -0.1) is 0 Å². The van der Waals surface area contributed by atoms with E-state index in [-0.39, 0.29) is 5.92 Å². The highest BCUT2D eigenvalue weighted by molar-refractivity contribution is 5.98. The van der Waals surface area contributed by atoms with E-state index in [0.29, 0.717) is 5.89 Å². The van der Waals surface area contributed by atoms with Gasteiger partial charge in [0.25, 0.3) is 0 Å². The van der Waals surface area contributed by atoms with E-state index in [9.17, 15) is 0 Å². The number of allylic oxidation sites excluding steroid dienone is 1. The Hall–Kier alpha value is -6.32. The van der Waals surface area contributed by atoms with Crippen LogP contribution in [0.15, 0.2) is 167 Å². The second kappa shape index (κ2) is 13.4. The van der Waals surface area contributed by atoms with Crippen LogP contribution >= 0.6 is 0 Å². The van der Waals surface area contributed by atoms with E-state index >= 15 is 0 Å². The number of nitrogens with zero attached hydrogens (tertiary/aromatic N) is 2. The molecule has 0 saturated carbocycles. The molecule has 0 bridgehead atoms. The molecule has 1 aliphatic heterocycles. The number of hydrogen-bond donors (Lipinski definition) is 0. The highest BCUT2D eigenvalue weighted by Crippen LogP contribution is 2.39. The second-order valence-electron chi connectivity index (χ2n) is 13.6. The predicted molar refractivity (Wildman–Crippen MR) is 218 cm³/mol. The lowest BCUT2D eigenvalue weighted by Gasteiger charge is -2.13. The van der Waals surface area contributed by atoms with Crippen LogP contribution in [-0.2, 0) is 6.42 Å². The van der Waals surface area contributed by atoms with Gasteiger partial charge in [0.05, 0.1) is 0 Å². The molecule has 1 aliphatic rings. The summed E-state index contributed by atoms with van der Waals surface area (Å²) in [6.07, 6.45) is 7.12. The Balaban J connectivity index is 1.15. The number of rotatable bonds is 7. The van der Waals surface area contributed by atoms with E-state index in [4.69, 9.17) is 9.40 Å². The normalized spacial score (nSPS) is 14.0. The summed E-state index contributed by atoms with van der Waals surface area (Å²) < 4.78 is 6.64.